The lowest BCUT2D eigenvalue weighted by atomic mass is 9.83. The van der Waals surface area contributed by atoms with E-state index in [0.29, 0.717) is 0 Å². The van der Waals surface area contributed by atoms with Crippen LogP contribution in [-0.2, 0) is 18.3 Å². The van der Waals surface area contributed by atoms with Crippen LogP contribution >= 0.6 is 12.6 Å². The molecule has 0 unspecified atom stereocenters. The molecule has 0 spiro atoms. The first-order valence-corrected chi connectivity index (χ1v) is 7.70. The van der Waals surface area contributed by atoms with Gasteiger partial charge in [-0.2, -0.15) is 12.6 Å². The average Bonchev–Trinajstić information content (AvgIpc) is 2.82. The zero-order valence-corrected chi connectivity index (χ0v) is 12.5. The van der Waals surface area contributed by atoms with Crippen LogP contribution in [0.2, 0.25) is 0 Å². The maximum atomic E-state index is 4.24. The van der Waals surface area contributed by atoms with E-state index in [0.717, 1.165) is 25.3 Å². The highest BCUT2D eigenvalue weighted by molar-refractivity contribution is 7.80. The fraction of sp³-hybridized carbons (Fsp3) is 0.625. The Morgan fingerprint density at radius 1 is 1.22 bits per heavy atom. The molecule has 1 aliphatic carbocycles. The smallest absolute Gasteiger partial charge is 0.00431 e. The van der Waals surface area contributed by atoms with Gasteiger partial charge in [0.05, 0.1) is 0 Å². The van der Waals surface area contributed by atoms with E-state index in [1.807, 2.05) is 0 Å². The maximum Gasteiger partial charge on any atom is 0.00431 e. The molecule has 0 saturated heterocycles. The third-order valence-electron chi connectivity index (χ3n) is 3.96. The lowest BCUT2D eigenvalue weighted by molar-refractivity contribution is 0.470. The van der Waals surface area contributed by atoms with Gasteiger partial charge < -0.3 is 5.32 Å². The third-order valence-corrected chi connectivity index (χ3v) is 4.27. The Bertz CT molecular complexity index is 398. The maximum absolute atomic E-state index is 4.24. The summed E-state index contributed by atoms with van der Waals surface area (Å²) in [5, 5.41) is 3.54. The second-order valence-corrected chi connectivity index (χ2v) is 6.42. The Balaban J connectivity index is 2.00. The van der Waals surface area contributed by atoms with Crippen molar-refractivity contribution in [2.75, 3.05) is 18.8 Å². The molecule has 0 aliphatic heterocycles. The Morgan fingerprint density at radius 2 is 2.00 bits per heavy atom. The Hall–Kier alpha value is -0.470. The quantitative estimate of drug-likeness (QED) is 0.592. The minimum absolute atomic E-state index is 0.216. The summed E-state index contributed by atoms with van der Waals surface area (Å²) in [6.07, 6.45) is 5.02. The molecule has 0 heterocycles. The molecule has 1 aromatic carbocycles. The van der Waals surface area contributed by atoms with Gasteiger partial charge in [0, 0.05) is 12.0 Å². The van der Waals surface area contributed by atoms with Crippen LogP contribution in [0.3, 0.4) is 0 Å². The highest BCUT2D eigenvalue weighted by atomic mass is 32.1. The highest BCUT2D eigenvalue weighted by Crippen LogP contribution is 2.29. The molecule has 0 fully saturated rings. The molecular formula is C16H25NS. The number of hydrogen-bond acceptors (Lipinski definition) is 2. The van der Waals surface area contributed by atoms with Gasteiger partial charge in [0.2, 0.25) is 0 Å². The summed E-state index contributed by atoms with van der Waals surface area (Å²) >= 11 is 4.24. The number of fused-ring (bicyclic) bond motifs is 1. The van der Waals surface area contributed by atoms with Gasteiger partial charge in [-0.1, -0.05) is 32.0 Å². The largest absolute Gasteiger partial charge is 0.316 e. The Morgan fingerprint density at radius 3 is 2.78 bits per heavy atom. The number of rotatable bonds is 6. The first-order chi connectivity index (χ1) is 8.63. The molecule has 0 radical (unpaired) electrons. The summed E-state index contributed by atoms with van der Waals surface area (Å²) in [6.45, 7) is 6.77. The molecular weight excluding hydrogens is 238 g/mol. The van der Waals surface area contributed by atoms with Crippen LogP contribution in [0.4, 0.5) is 0 Å². The van der Waals surface area contributed by atoms with Gasteiger partial charge in [0.15, 0.2) is 0 Å². The lowest BCUT2D eigenvalue weighted by Gasteiger charge is -2.26. The standard InChI is InChI=1S/C16H25NS/c1-16(2,12-17-9-4-10-18)15-8-7-13-5-3-6-14(13)11-15/h7-8,11,17-18H,3-6,9-10,12H2,1-2H3. The van der Waals surface area contributed by atoms with Gasteiger partial charge in [0.1, 0.15) is 0 Å². The SMILES string of the molecule is CC(C)(CNCCCS)c1ccc2c(c1)CCC2. The number of thiol groups is 1. The third kappa shape index (κ3) is 3.30. The monoisotopic (exact) mass is 263 g/mol. The van der Waals surface area contributed by atoms with Crippen molar-refractivity contribution in [3.05, 3.63) is 34.9 Å². The van der Waals surface area contributed by atoms with E-state index in [1.165, 1.54) is 24.8 Å². The topological polar surface area (TPSA) is 12.0 Å². The molecule has 0 aromatic heterocycles. The van der Waals surface area contributed by atoms with Crippen LogP contribution in [-0.4, -0.2) is 18.8 Å². The molecule has 0 bridgehead atoms. The van der Waals surface area contributed by atoms with Crippen molar-refractivity contribution in [3.63, 3.8) is 0 Å². The molecule has 1 aliphatic rings. The first-order valence-electron chi connectivity index (χ1n) is 7.07. The van der Waals surface area contributed by atoms with Crippen molar-refractivity contribution < 1.29 is 0 Å². The fourth-order valence-corrected chi connectivity index (χ4v) is 2.86. The minimum atomic E-state index is 0.216. The lowest BCUT2D eigenvalue weighted by Crippen LogP contribution is -2.33. The molecule has 1 aromatic rings. The summed E-state index contributed by atoms with van der Waals surface area (Å²) in [6, 6.07) is 7.10. The van der Waals surface area contributed by atoms with E-state index < -0.39 is 0 Å². The Kier molecular flexibility index (Phi) is 4.74. The van der Waals surface area contributed by atoms with Gasteiger partial charge in [0.25, 0.3) is 0 Å². The molecule has 2 heteroatoms. The van der Waals surface area contributed by atoms with Crippen molar-refractivity contribution in [3.8, 4) is 0 Å². The van der Waals surface area contributed by atoms with E-state index in [9.17, 15) is 0 Å². The summed E-state index contributed by atoms with van der Waals surface area (Å²) in [5.74, 6) is 0.965. The zero-order valence-electron chi connectivity index (χ0n) is 11.6. The molecule has 18 heavy (non-hydrogen) atoms. The van der Waals surface area contributed by atoms with Crippen LogP contribution < -0.4 is 5.32 Å². The normalized spacial score (nSPS) is 14.8. The summed E-state index contributed by atoms with van der Waals surface area (Å²) < 4.78 is 0. The van der Waals surface area contributed by atoms with Crippen molar-refractivity contribution in [2.24, 2.45) is 0 Å². The molecule has 0 saturated carbocycles. The van der Waals surface area contributed by atoms with Crippen molar-refractivity contribution >= 4 is 12.6 Å². The van der Waals surface area contributed by atoms with E-state index in [1.54, 1.807) is 11.1 Å². The number of hydrogen-bond donors (Lipinski definition) is 2. The molecule has 100 valence electrons. The van der Waals surface area contributed by atoms with E-state index in [4.69, 9.17) is 0 Å². The molecule has 2 rings (SSSR count). The highest BCUT2D eigenvalue weighted by Gasteiger charge is 2.22. The van der Waals surface area contributed by atoms with E-state index in [2.05, 4.69) is 50.0 Å². The zero-order chi connectivity index (χ0) is 13.0. The Labute approximate surface area is 117 Å². The first kappa shape index (κ1) is 14.0. The molecule has 0 amide bonds. The van der Waals surface area contributed by atoms with Gasteiger partial charge in [-0.3, -0.25) is 0 Å². The minimum Gasteiger partial charge on any atom is -0.316 e. The van der Waals surface area contributed by atoms with Crippen LogP contribution in [0, 0.1) is 0 Å². The van der Waals surface area contributed by atoms with E-state index >= 15 is 0 Å². The summed E-state index contributed by atoms with van der Waals surface area (Å²) in [7, 11) is 0. The number of nitrogens with one attached hydrogen (secondary N) is 1. The average molecular weight is 263 g/mol. The molecule has 0 atom stereocenters. The van der Waals surface area contributed by atoms with Gasteiger partial charge in [-0.05, 0) is 54.7 Å². The van der Waals surface area contributed by atoms with Crippen molar-refractivity contribution in [2.45, 2.75) is 44.9 Å². The van der Waals surface area contributed by atoms with Crippen LogP contribution in [0.5, 0.6) is 0 Å². The van der Waals surface area contributed by atoms with Gasteiger partial charge in [-0.25, -0.2) is 0 Å². The predicted octanol–water partition coefficient (Wildman–Crippen LogP) is 3.36. The number of aryl methyl sites for hydroxylation is 2. The van der Waals surface area contributed by atoms with Gasteiger partial charge in [-0.15, -0.1) is 0 Å². The summed E-state index contributed by atoms with van der Waals surface area (Å²) in [4.78, 5) is 0. The second-order valence-electron chi connectivity index (χ2n) is 5.97. The van der Waals surface area contributed by atoms with Crippen LogP contribution in [0.25, 0.3) is 0 Å². The van der Waals surface area contributed by atoms with Gasteiger partial charge >= 0.3 is 0 Å². The van der Waals surface area contributed by atoms with Crippen molar-refractivity contribution in [1.82, 2.24) is 5.32 Å². The second kappa shape index (κ2) is 6.12. The molecule has 1 N–H and O–H groups in total. The number of benzene rings is 1. The predicted molar refractivity (Wildman–Crippen MR) is 82.8 cm³/mol. The molecule has 1 nitrogen and oxygen atoms in total. The van der Waals surface area contributed by atoms with E-state index in [-0.39, 0.29) is 5.41 Å². The summed E-state index contributed by atoms with van der Waals surface area (Å²) in [5.41, 5.74) is 4.84. The fourth-order valence-electron chi connectivity index (χ4n) is 2.70. The van der Waals surface area contributed by atoms with Crippen LogP contribution in [0.15, 0.2) is 18.2 Å². The van der Waals surface area contributed by atoms with Crippen LogP contribution in [0.1, 0.15) is 43.4 Å². The van der Waals surface area contributed by atoms with Crippen molar-refractivity contribution in [1.29, 1.82) is 0 Å².